The number of hydrogen-bond donors (Lipinski definition) is 0. The second-order valence-corrected chi connectivity index (χ2v) is 25.6. The fourth-order valence-corrected chi connectivity index (χ4v) is 18.8. The summed E-state index contributed by atoms with van der Waals surface area (Å²) in [7, 11) is 0. The molecule has 0 unspecified atom stereocenters. The third-order valence-electron chi connectivity index (χ3n) is 11.9. The molecule has 1 nitrogen and oxygen atoms in total. The Morgan fingerprint density at radius 3 is 1.02 bits per heavy atom. The van der Waals surface area contributed by atoms with E-state index in [1.54, 1.807) is 0 Å². The van der Waals surface area contributed by atoms with Gasteiger partial charge in [0, 0.05) is 0 Å². The number of fused-ring (bicyclic) bond motifs is 2. The Morgan fingerprint density at radius 2 is 0.736 bits per heavy atom. The molecule has 0 fully saturated rings. The minimum absolute atomic E-state index is 0.154. The standard InChI is InChI=1S/C49H47IOP2/c1-5-52(6-2,41-25-13-9-14-26-41,42-27-15-10-16-28-42)37-35-39-23-21-33-45-47(50)46-34-22-24-40(49(46)51-48(39)45)36-38-53(7-3,8-4,43-29-17-11-18-30-43)44-31-19-12-20-32-44/h5-34,47H,1-4,35-38H2. The molecule has 0 atom stereocenters. The average Bonchev–Trinajstić information content (AvgIpc) is 3.24. The summed E-state index contributed by atoms with van der Waals surface area (Å²) in [6.07, 6.45) is 3.37. The van der Waals surface area contributed by atoms with Crippen LogP contribution in [-0.2, 0) is 12.8 Å². The van der Waals surface area contributed by atoms with Crippen LogP contribution in [0.4, 0.5) is 0 Å². The Bertz CT molecular complexity index is 2020. The van der Waals surface area contributed by atoms with Crippen molar-refractivity contribution >= 4 is 57.0 Å². The third-order valence-corrected chi connectivity index (χ3v) is 25.0. The molecule has 0 saturated heterocycles. The molecule has 53 heavy (non-hydrogen) atoms. The summed E-state index contributed by atoms with van der Waals surface area (Å²) < 4.78 is 7.34. The number of rotatable bonds is 14. The van der Waals surface area contributed by atoms with E-state index in [0.29, 0.717) is 0 Å². The van der Waals surface area contributed by atoms with Crippen molar-refractivity contribution in [1.29, 1.82) is 0 Å². The number of halogens is 1. The molecule has 1 heterocycles. The monoisotopic (exact) mass is 840 g/mol. The molecule has 0 amide bonds. The molecule has 0 radical (unpaired) electrons. The fourth-order valence-electron chi connectivity index (χ4n) is 8.54. The predicted octanol–water partition coefficient (Wildman–Crippen LogP) is 12.4. The Hall–Kier alpha value is -4.33. The Kier molecular flexibility index (Phi) is 10.4. The van der Waals surface area contributed by atoms with Crippen molar-refractivity contribution in [3.05, 3.63) is 230 Å². The number of ether oxygens (including phenoxy) is 1. The van der Waals surface area contributed by atoms with Crippen molar-refractivity contribution in [1.82, 2.24) is 0 Å². The third kappa shape index (κ3) is 5.91. The van der Waals surface area contributed by atoms with Crippen molar-refractivity contribution in [3.8, 4) is 11.5 Å². The van der Waals surface area contributed by atoms with Crippen molar-refractivity contribution in [2.75, 3.05) is 12.3 Å². The first-order valence-corrected chi connectivity index (χ1v) is 24.6. The van der Waals surface area contributed by atoms with Gasteiger partial charge in [0.15, 0.2) is 0 Å². The summed E-state index contributed by atoms with van der Waals surface area (Å²) in [5, 5.41) is 5.12. The maximum atomic E-state index is 7.18. The molecule has 0 N–H and O–H groups in total. The Labute approximate surface area is 329 Å². The van der Waals surface area contributed by atoms with Crippen LogP contribution >= 0.6 is 35.8 Å². The van der Waals surface area contributed by atoms with Gasteiger partial charge >= 0.3 is 332 Å². The molecule has 4 heteroatoms. The van der Waals surface area contributed by atoms with Gasteiger partial charge < -0.3 is 0 Å². The fraction of sp³-hybridized carbons (Fsp3) is 0.102. The van der Waals surface area contributed by atoms with E-state index in [9.17, 15) is 0 Å². The molecule has 1 aliphatic rings. The van der Waals surface area contributed by atoms with Crippen LogP contribution < -0.4 is 26.0 Å². The van der Waals surface area contributed by atoms with Crippen LogP contribution in [-0.4, -0.2) is 12.3 Å². The van der Waals surface area contributed by atoms with Gasteiger partial charge in [-0.25, -0.2) is 0 Å². The molecule has 1 aliphatic heterocycles. The number of benzene rings is 6. The van der Waals surface area contributed by atoms with E-state index in [0.717, 1.165) is 36.7 Å². The molecule has 0 aromatic heterocycles. The van der Waals surface area contributed by atoms with Gasteiger partial charge in [-0.3, -0.25) is 0 Å². The number of hydrogen-bond acceptors (Lipinski definition) is 1. The van der Waals surface area contributed by atoms with E-state index in [1.807, 2.05) is 0 Å². The van der Waals surface area contributed by atoms with Gasteiger partial charge in [0.2, 0.25) is 0 Å². The van der Waals surface area contributed by atoms with E-state index in [2.05, 4.69) is 230 Å². The van der Waals surface area contributed by atoms with Crippen LogP contribution in [0.5, 0.6) is 11.5 Å². The summed E-state index contributed by atoms with van der Waals surface area (Å²) in [4.78, 5) is 0. The van der Waals surface area contributed by atoms with Crippen LogP contribution in [0.25, 0.3) is 0 Å². The summed E-state index contributed by atoms with van der Waals surface area (Å²) in [5.74, 6) is 10.8. The van der Waals surface area contributed by atoms with Crippen LogP contribution in [0.2, 0.25) is 0 Å². The van der Waals surface area contributed by atoms with Crippen LogP contribution in [0, 0.1) is 0 Å². The second-order valence-electron chi connectivity index (χ2n) is 14.1. The van der Waals surface area contributed by atoms with Crippen LogP contribution in [0.3, 0.4) is 0 Å². The van der Waals surface area contributed by atoms with Gasteiger partial charge in [0.25, 0.3) is 0 Å². The van der Waals surface area contributed by atoms with E-state index in [-0.39, 0.29) is 3.92 Å². The molecule has 0 saturated carbocycles. The molecular formula is C49H47IOP2. The predicted molar refractivity (Wildman–Crippen MR) is 245 cm³/mol. The first kappa shape index (κ1) is 37.0. The van der Waals surface area contributed by atoms with Crippen molar-refractivity contribution < 1.29 is 4.74 Å². The zero-order valence-corrected chi connectivity index (χ0v) is 34.2. The van der Waals surface area contributed by atoms with E-state index in [4.69, 9.17) is 4.74 Å². The van der Waals surface area contributed by atoms with Crippen LogP contribution in [0.1, 0.15) is 26.2 Å². The molecule has 6 aromatic carbocycles. The molecule has 0 spiro atoms. The van der Waals surface area contributed by atoms with Crippen LogP contribution in [0.15, 0.2) is 207 Å². The molecular weight excluding hydrogens is 793 g/mol. The summed E-state index contributed by atoms with van der Waals surface area (Å²) in [6.45, 7) is 12.0. The van der Waals surface area contributed by atoms with Gasteiger partial charge in [-0.1, -0.05) is 0 Å². The summed E-state index contributed by atoms with van der Waals surface area (Å²) >= 11 is 2.61. The van der Waals surface area contributed by atoms with E-state index >= 15 is 0 Å². The zero-order valence-electron chi connectivity index (χ0n) is 30.2. The second kappa shape index (κ2) is 14.8. The van der Waals surface area contributed by atoms with E-state index < -0.39 is 13.2 Å². The first-order valence-electron chi connectivity index (χ1n) is 18.2. The van der Waals surface area contributed by atoms with Gasteiger partial charge in [-0.15, -0.1) is 0 Å². The summed E-state index contributed by atoms with van der Waals surface area (Å²) in [6, 6.07) is 56.8. The quantitative estimate of drug-likeness (QED) is 0.0603. The number of para-hydroxylation sites is 2. The van der Waals surface area contributed by atoms with E-state index in [1.165, 1.54) is 43.5 Å². The SMILES string of the molecule is C=CP(C=C)(CCc1cccc2c1Oc1c(CCP(C=C)(C=C)(c3ccccc3)c3ccccc3)cccc1C2I)(c1ccccc1)c1ccccc1. The average molecular weight is 841 g/mol. The Balaban J connectivity index is 1.29. The van der Waals surface area contributed by atoms with Gasteiger partial charge in [-0.2, -0.15) is 0 Å². The topological polar surface area (TPSA) is 9.23 Å². The minimum atomic E-state index is -3.05. The molecule has 0 aliphatic carbocycles. The molecule has 266 valence electrons. The van der Waals surface area contributed by atoms with Gasteiger partial charge in [-0.05, 0) is 0 Å². The van der Waals surface area contributed by atoms with Crippen molar-refractivity contribution in [2.45, 2.75) is 16.8 Å². The Morgan fingerprint density at radius 1 is 0.434 bits per heavy atom. The summed E-state index contributed by atoms with van der Waals surface area (Å²) in [5.41, 5.74) is 4.85. The normalized spacial score (nSPS) is 15.2. The van der Waals surface area contributed by atoms with Gasteiger partial charge in [0.05, 0.1) is 0 Å². The van der Waals surface area contributed by atoms with Crippen molar-refractivity contribution in [3.63, 3.8) is 0 Å². The molecule has 6 aromatic rings. The zero-order chi connectivity index (χ0) is 37.0. The number of aryl methyl sites for hydroxylation is 2. The maximum absolute atomic E-state index is 7.18. The van der Waals surface area contributed by atoms with Crippen molar-refractivity contribution in [2.24, 2.45) is 0 Å². The molecule has 0 bridgehead atoms. The number of alkyl halides is 1. The van der Waals surface area contributed by atoms with Gasteiger partial charge in [0.1, 0.15) is 0 Å². The molecule has 7 rings (SSSR count). The first-order chi connectivity index (χ1) is 25.9.